The standard InChI is InChI=1S/C35H49NO13/c1-19-16-35(42-9,49-21(3)20(19)2)30(48-33(40)24-13-11-10-12-14-24)31(39)36-32-28-27(44-18-45-32)29(41-8)34(6,7)26(47-28)15-25(46-23(5)38)17-43-22(4)37/h10-14,20-21,25-30,32H,1,15-18H2,2-9H3,(H,36,39)/t20-,21-,25+,26-,27+,28+,29-,30-,32+,35-/m1/s1. The van der Waals surface area contributed by atoms with Gasteiger partial charge in [-0.15, -0.1) is 0 Å². The fourth-order valence-electron chi connectivity index (χ4n) is 6.65. The summed E-state index contributed by atoms with van der Waals surface area (Å²) in [6.45, 7) is 13.9. The highest BCUT2D eigenvalue weighted by atomic mass is 16.7. The van der Waals surface area contributed by atoms with Crippen molar-refractivity contribution in [1.82, 2.24) is 5.32 Å². The van der Waals surface area contributed by atoms with Gasteiger partial charge in [-0.3, -0.25) is 14.4 Å². The SMILES string of the molecule is C=C1C[C@](OC)([C@H](OC(=O)c2ccccc2)C(=O)N[C@H]2OCO[C@H]3[C@@H]2O[C@H](C[C@@H](COC(C)=O)OC(C)=O)C(C)(C)[C@@H]3OC)O[C@H](C)[C@@H]1C. The summed E-state index contributed by atoms with van der Waals surface area (Å²) in [5, 5.41) is 2.85. The molecule has 272 valence electrons. The number of carbonyl (C=O) groups is 4. The zero-order valence-corrected chi connectivity index (χ0v) is 29.4. The minimum atomic E-state index is -1.71. The minimum absolute atomic E-state index is 0.0463. The molecule has 10 atom stereocenters. The van der Waals surface area contributed by atoms with Gasteiger partial charge in [-0.25, -0.2) is 4.79 Å². The zero-order valence-electron chi connectivity index (χ0n) is 29.4. The van der Waals surface area contributed by atoms with Gasteiger partial charge in [-0.2, -0.15) is 0 Å². The van der Waals surface area contributed by atoms with Crippen LogP contribution in [0.25, 0.3) is 0 Å². The Bertz CT molecular complexity index is 1350. The van der Waals surface area contributed by atoms with Crippen LogP contribution in [0.1, 0.15) is 64.7 Å². The molecule has 0 unspecified atom stereocenters. The number of nitrogens with one attached hydrogen (secondary N) is 1. The molecular weight excluding hydrogens is 642 g/mol. The number of benzene rings is 1. The number of carbonyl (C=O) groups excluding carboxylic acids is 4. The lowest BCUT2D eigenvalue weighted by Crippen LogP contribution is -2.69. The van der Waals surface area contributed by atoms with Crippen LogP contribution >= 0.6 is 0 Å². The van der Waals surface area contributed by atoms with Crippen molar-refractivity contribution in [2.75, 3.05) is 27.6 Å². The Hall–Kier alpha value is -3.40. The summed E-state index contributed by atoms with van der Waals surface area (Å²) < 4.78 is 53.1. The summed E-state index contributed by atoms with van der Waals surface area (Å²) in [5.41, 5.74) is 0.272. The fraction of sp³-hybridized carbons (Fsp3) is 0.657. The van der Waals surface area contributed by atoms with E-state index in [-0.39, 0.29) is 37.7 Å². The molecule has 4 rings (SSSR count). The van der Waals surface area contributed by atoms with E-state index in [4.69, 9.17) is 42.6 Å². The molecular formula is C35H49NO13. The first kappa shape index (κ1) is 38.4. The lowest BCUT2D eigenvalue weighted by atomic mass is 9.72. The van der Waals surface area contributed by atoms with Crippen molar-refractivity contribution in [2.45, 2.75) is 109 Å². The molecule has 49 heavy (non-hydrogen) atoms. The van der Waals surface area contributed by atoms with Crippen LogP contribution in [0.5, 0.6) is 0 Å². The third kappa shape index (κ3) is 8.67. The molecule has 1 aromatic rings. The summed E-state index contributed by atoms with van der Waals surface area (Å²) in [6.07, 6.45) is -6.63. The van der Waals surface area contributed by atoms with Crippen LogP contribution in [-0.2, 0) is 57.0 Å². The molecule has 3 aliphatic rings. The van der Waals surface area contributed by atoms with Crippen molar-refractivity contribution in [3.8, 4) is 0 Å². The quantitative estimate of drug-likeness (QED) is 0.194. The minimum Gasteiger partial charge on any atom is -0.462 e. The Kier molecular flexibility index (Phi) is 12.6. The van der Waals surface area contributed by atoms with E-state index >= 15 is 0 Å². The van der Waals surface area contributed by atoms with E-state index < -0.39 is 84.0 Å². The summed E-state index contributed by atoms with van der Waals surface area (Å²) in [5.74, 6) is -4.36. The first-order valence-corrected chi connectivity index (χ1v) is 16.3. The molecule has 0 saturated carbocycles. The van der Waals surface area contributed by atoms with E-state index in [1.807, 2.05) is 27.7 Å². The molecule has 0 bridgehead atoms. The number of hydrogen-bond donors (Lipinski definition) is 1. The summed E-state index contributed by atoms with van der Waals surface area (Å²) in [4.78, 5) is 51.2. The predicted molar refractivity (Wildman–Crippen MR) is 172 cm³/mol. The largest absolute Gasteiger partial charge is 0.462 e. The van der Waals surface area contributed by atoms with Crippen molar-refractivity contribution in [2.24, 2.45) is 11.3 Å². The van der Waals surface area contributed by atoms with Gasteiger partial charge in [-0.1, -0.05) is 51.1 Å². The lowest BCUT2D eigenvalue weighted by Gasteiger charge is -2.54. The zero-order chi connectivity index (χ0) is 36.1. The number of fused-ring (bicyclic) bond motifs is 1. The third-order valence-corrected chi connectivity index (χ3v) is 9.56. The van der Waals surface area contributed by atoms with Crippen LogP contribution in [0, 0.1) is 11.3 Å². The molecule has 3 saturated heterocycles. The van der Waals surface area contributed by atoms with Crippen LogP contribution < -0.4 is 5.32 Å². The first-order chi connectivity index (χ1) is 23.1. The fourth-order valence-corrected chi connectivity index (χ4v) is 6.65. The van der Waals surface area contributed by atoms with Gasteiger partial charge in [-0.05, 0) is 19.1 Å². The number of hydrogen-bond acceptors (Lipinski definition) is 13. The van der Waals surface area contributed by atoms with Gasteiger partial charge >= 0.3 is 17.9 Å². The van der Waals surface area contributed by atoms with E-state index in [9.17, 15) is 19.2 Å². The Morgan fingerprint density at radius 2 is 1.69 bits per heavy atom. The Balaban J connectivity index is 1.64. The molecule has 3 fully saturated rings. The van der Waals surface area contributed by atoms with Crippen molar-refractivity contribution in [1.29, 1.82) is 0 Å². The topological polar surface area (TPSA) is 163 Å². The average Bonchev–Trinajstić information content (AvgIpc) is 3.05. The Labute approximate surface area is 287 Å². The number of amides is 1. The van der Waals surface area contributed by atoms with Crippen molar-refractivity contribution in [3.63, 3.8) is 0 Å². The normalized spacial score (nSPS) is 32.2. The number of ether oxygens (including phenoxy) is 9. The highest BCUT2D eigenvalue weighted by molar-refractivity contribution is 5.92. The molecule has 3 heterocycles. The molecule has 1 amide bonds. The summed E-state index contributed by atoms with van der Waals surface area (Å²) >= 11 is 0. The predicted octanol–water partition coefficient (Wildman–Crippen LogP) is 3.06. The van der Waals surface area contributed by atoms with Gasteiger partial charge in [0, 0.05) is 52.2 Å². The van der Waals surface area contributed by atoms with E-state index in [0.29, 0.717) is 0 Å². The molecule has 0 spiro atoms. The van der Waals surface area contributed by atoms with Gasteiger partial charge in [0.1, 0.15) is 31.7 Å². The van der Waals surface area contributed by atoms with E-state index in [2.05, 4.69) is 11.9 Å². The number of esters is 3. The van der Waals surface area contributed by atoms with E-state index in [0.717, 1.165) is 5.57 Å². The van der Waals surface area contributed by atoms with Gasteiger partial charge in [0.05, 0.1) is 23.9 Å². The van der Waals surface area contributed by atoms with Gasteiger partial charge in [0.15, 0.2) is 6.23 Å². The molecule has 1 aromatic carbocycles. The molecule has 1 N–H and O–H groups in total. The smallest absolute Gasteiger partial charge is 0.339 e. The van der Waals surface area contributed by atoms with Crippen LogP contribution in [0.2, 0.25) is 0 Å². The van der Waals surface area contributed by atoms with Gasteiger partial charge in [0.2, 0.25) is 11.9 Å². The number of methoxy groups -OCH3 is 2. The average molecular weight is 692 g/mol. The highest BCUT2D eigenvalue weighted by Gasteiger charge is 2.58. The maximum Gasteiger partial charge on any atom is 0.339 e. The van der Waals surface area contributed by atoms with Crippen molar-refractivity contribution in [3.05, 3.63) is 48.0 Å². The lowest BCUT2D eigenvalue weighted by molar-refractivity contribution is -0.333. The molecule has 3 aliphatic heterocycles. The van der Waals surface area contributed by atoms with Crippen LogP contribution in [0.4, 0.5) is 0 Å². The summed E-state index contributed by atoms with van der Waals surface area (Å²) in [6, 6.07) is 8.26. The van der Waals surface area contributed by atoms with Crippen LogP contribution in [0.15, 0.2) is 42.5 Å². The molecule has 0 aliphatic carbocycles. The van der Waals surface area contributed by atoms with Crippen molar-refractivity contribution < 1.29 is 61.8 Å². The second-order valence-corrected chi connectivity index (χ2v) is 13.3. The second-order valence-electron chi connectivity index (χ2n) is 13.3. The first-order valence-electron chi connectivity index (χ1n) is 16.3. The van der Waals surface area contributed by atoms with Crippen LogP contribution in [0.3, 0.4) is 0 Å². The van der Waals surface area contributed by atoms with E-state index in [1.54, 1.807) is 30.3 Å². The van der Waals surface area contributed by atoms with E-state index in [1.165, 1.54) is 28.1 Å². The Morgan fingerprint density at radius 3 is 2.29 bits per heavy atom. The molecule has 14 heteroatoms. The van der Waals surface area contributed by atoms with Crippen molar-refractivity contribution >= 4 is 23.8 Å². The van der Waals surface area contributed by atoms with Gasteiger partial charge < -0.3 is 47.9 Å². The third-order valence-electron chi connectivity index (χ3n) is 9.56. The monoisotopic (exact) mass is 691 g/mol. The van der Waals surface area contributed by atoms with Crippen LogP contribution in [-0.4, -0.2) is 106 Å². The second kappa shape index (κ2) is 16.1. The molecule has 0 radical (unpaired) electrons. The number of rotatable bonds is 12. The summed E-state index contributed by atoms with van der Waals surface area (Å²) in [7, 11) is 2.92. The molecule has 14 nitrogen and oxygen atoms in total. The molecule has 0 aromatic heterocycles. The maximum atomic E-state index is 14.3. The maximum absolute atomic E-state index is 14.3. The van der Waals surface area contributed by atoms with Gasteiger partial charge in [0.25, 0.3) is 5.91 Å². The highest BCUT2D eigenvalue weighted by Crippen LogP contribution is 2.44. The Morgan fingerprint density at radius 1 is 1.00 bits per heavy atom.